The van der Waals surface area contributed by atoms with Crippen molar-refractivity contribution in [3.8, 4) is 34.5 Å². The van der Waals surface area contributed by atoms with Gasteiger partial charge in [-0.2, -0.15) is 0 Å². The molecule has 116 heavy (non-hydrogen) atoms. The SMILES string of the molecule is CCC1(OCOC(=O)c2ccc(C3c4cc(c(OC)cc4O)C(c4ccc(C(=O)OCOC5(CC)CCCCC5)cc4)c4cc(c(OC)cc4O)C(c4ccc(C(=O)OCOC5(CC)CCCCC5)cc4)c4cc(c(CO)cc4O)C(c4ccc(C(=O)OCOC5(CC)CCCCC5)cc4)c4cc3c(CO)cc4O)cc2)CCCCC1. The zero-order chi connectivity index (χ0) is 81.7. The highest BCUT2D eigenvalue weighted by molar-refractivity contribution is 5.91. The number of esters is 4. The molecule has 0 spiro atoms. The van der Waals surface area contributed by atoms with Gasteiger partial charge < -0.3 is 78.0 Å². The topological polar surface area (TPSA) is 282 Å². The second-order valence-corrected chi connectivity index (χ2v) is 32.2. The van der Waals surface area contributed by atoms with E-state index in [1.807, 2.05) is 0 Å². The number of fused-ring (bicyclic) bond motifs is 8. The number of phenolic OH excluding ortho intramolecular Hbond substituents is 4. The molecule has 5 aliphatic rings. The summed E-state index contributed by atoms with van der Waals surface area (Å²) in [7, 11) is 2.90. The molecule has 0 saturated heterocycles. The van der Waals surface area contributed by atoms with Crippen molar-refractivity contribution in [1.82, 2.24) is 0 Å². The van der Waals surface area contributed by atoms with E-state index in [1.165, 1.54) is 38.5 Å². The van der Waals surface area contributed by atoms with Gasteiger partial charge >= 0.3 is 23.9 Å². The van der Waals surface area contributed by atoms with Gasteiger partial charge in [-0.05, 0) is 206 Å². The third-order valence-electron chi connectivity index (χ3n) is 25.9. The van der Waals surface area contributed by atoms with E-state index in [4.69, 9.17) is 47.4 Å². The Morgan fingerprint density at radius 3 is 0.733 bits per heavy atom. The number of phenols is 4. The molecule has 20 nitrogen and oxygen atoms in total. The Bertz CT molecular complexity index is 4120. The molecule has 8 aromatic carbocycles. The normalized spacial score (nSPS) is 19.4. The van der Waals surface area contributed by atoms with Crippen molar-refractivity contribution in [2.75, 3.05) is 41.4 Å². The maximum absolute atomic E-state index is 14.2. The predicted molar refractivity (Wildman–Crippen MR) is 437 cm³/mol. The first-order chi connectivity index (χ1) is 56.3. The molecular weight excluding hydrogens is 1470 g/mol. The minimum Gasteiger partial charge on any atom is -0.508 e. The zero-order valence-electron chi connectivity index (χ0n) is 67.8. The van der Waals surface area contributed by atoms with Crippen LogP contribution in [0.25, 0.3) is 0 Å². The lowest BCUT2D eigenvalue weighted by Crippen LogP contribution is -2.35. The minimum absolute atomic E-state index is 0.150. The molecule has 0 amide bonds. The van der Waals surface area contributed by atoms with Gasteiger partial charge in [0, 0.05) is 69.2 Å². The predicted octanol–water partition coefficient (Wildman–Crippen LogP) is 19.5. The van der Waals surface area contributed by atoms with Gasteiger partial charge in [-0.1, -0.05) is 153 Å². The quantitative estimate of drug-likeness (QED) is 0.0151. The van der Waals surface area contributed by atoms with Crippen LogP contribution < -0.4 is 9.47 Å². The molecule has 20 heteroatoms. The van der Waals surface area contributed by atoms with Gasteiger partial charge in [0.15, 0.2) is 27.2 Å². The van der Waals surface area contributed by atoms with Crippen LogP contribution in [-0.4, -0.2) is 118 Å². The van der Waals surface area contributed by atoms with Gasteiger partial charge in [0.2, 0.25) is 0 Å². The van der Waals surface area contributed by atoms with E-state index < -0.39 is 83.2 Å². The standard InChI is InChI=1S/C96H112O20/c1-7-93(39-15-11-16-40-93)113-57-109-89(103)65-31-23-61(24-32-65)85-72-50-74(80(100)48-70(72)56-98)87(63-27-35-67(36-28-63)91(105)111-59-115-95(9-3)43-19-13-20-44-95)78-52-76(82(102)54-84(78)108-6)88(64-29-37-68(38-30-64)92(106)112-60-116-96(10-4)45-21-14-22-46-96)77-51-75(81(101)53-83(77)107-5)86(71-49-73(85)79(99)47-69(71)55-97)62-25-33-66(34-26-62)90(104)110-58-114-94(8-2)41-17-12-18-42-94/h23-38,47-54,85-88,97-102H,7-22,39-46,55-60H2,1-6H3. The first-order valence-electron chi connectivity index (χ1n) is 41.7. The Morgan fingerprint density at radius 1 is 0.302 bits per heavy atom. The van der Waals surface area contributed by atoms with Crippen LogP contribution in [0.5, 0.6) is 34.5 Å². The number of hydrogen-bond donors (Lipinski definition) is 6. The Balaban J connectivity index is 1.02. The summed E-state index contributed by atoms with van der Waals surface area (Å²) in [6, 6.07) is 39.6. The Labute approximate surface area is 680 Å². The van der Waals surface area contributed by atoms with Gasteiger partial charge in [-0.3, -0.25) is 0 Å². The molecule has 13 rings (SSSR count). The van der Waals surface area contributed by atoms with Crippen molar-refractivity contribution in [2.24, 2.45) is 0 Å². The largest absolute Gasteiger partial charge is 0.508 e. The first kappa shape index (κ1) is 84.1. The molecule has 0 radical (unpaired) electrons. The van der Waals surface area contributed by atoms with E-state index >= 15 is 0 Å². The number of aliphatic hydroxyl groups is 2. The molecule has 6 N–H and O–H groups in total. The van der Waals surface area contributed by atoms with Crippen LogP contribution in [0.2, 0.25) is 0 Å². The third kappa shape index (κ3) is 18.3. The number of hydrogen-bond acceptors (Lipinski definition) is 20. The maximum atomic E-state index is 14.2. The summed E-state index contributed by atoms with van der Waals surface area (Å²) in [5.41, 5.74) is 3.93. The van der Waals surface area contributed by atoms with E-state index in [9.17, 15) is 49.8 Å². The van der Waals surface area contributed by atoms with Gasteiger partial charge in [0.1, 0.15) is 34.5 Å². The molecule has 4 saturated carbocycles. The van der Waals surface area contributed by atoms with Gasteiger partial charge in [-0.15, -0.1) is 0 Å². The van der Waals surface area contributed by atoms with Gasteiger partial charge in [0.25, 0.3) is 0 Å². The summed E-state index contributed by atoms with van der Waals surface area (Å²) in [6.07, 6.45) is 22.6. The second kappa shape index (κ2) is 37.6. The molecule has 5 aliphatic carbocycles. The molecule has 0 aromatic heterocycles. The fourth-order valence-corrected chi connectivity index (χ4v) is 18.8. The van der Waals surface area contributed by atoms with Crippen LogP contribution in [0.4, 0.5) is 0 Å². The number of benzene rings is 8. The molecule has 0 heterocycles. The van der Waals surface area contributed by atoms with Crippen molar-refractivity contribution >= 4 is 23.9 Å². The van der Waals surface area contributed by atoms with Crippen molar-refractivity contribution in [3.05, 3.63) is 246 Å². The lowest BCUT2D eigenvalue weighted by molar-refractivity contribution is -0.138. The molecule has 4 fully saturated rings. The lowest BCUT2D eigenvalue weighted by Gasteiger charge is -2.36. The van der Waals surface area contributed by atoms with E-state index in [1.54, 1.807) is 121 Å². The smallest absolute Gasteiger partial charge is 0.340 e. The summed E-state index contributed by atoms with van der Waals surface area (Å²) in [4.78, 5) is 56.6. The highest BCUT2D eigenvalue weighted by Gasteiger charge is 2.40. The van der Waals surface area contributed by atoms with Crippen LogP contribution in [-0.2, 0) is 51.1 Å². The fourth-order valence-electron chi connectivity index (χ4n) is 18.8. The van der Waals surface area contributed by atoms with Crippen LogP contribution >= 0.6 is 0 Å². The van der Waals surface area contributed by atoms with E-state index in [-0.39, 0.29) is 117 Å². The Hall–Kier alpha value is -9.80. The molecule has 4 atom stereocenters. The van der Waals surface area contributed by atoms with Gasteiger partial charge in [-0.25, -0.2) is 19.2 Å². The number of carbonyl (C=O) groups is 4. The molecule has 616 valence electrons. The van der Waals surface area contributed by atoms with Crippen LogP contribution in [0.15, 0.2) is 146 Å². The van der Waals surface area contributed by atoms with E-state index in [2.05, 4.69) is 27.7 Å². The number of carbonyl (C=O) groups excluding carboxylic acids is 4. The van der Waals surface area contributed by atoms with Crippen molar-refractivity contribution in [1.29, 1.82) is 0 Å². The first-order valence-corrected chi connectivity index (χ1v) is 41.7. The highest BCUT2D eigenvalue weighted by Crippen LogP contribution is 2.54. The minimum atomic E-state index is -1.12. The molecular formula is C96H112O20. The third-order valence-corrected chi connectivity index (χ3v) is 25.9. The van der Waals surface area contributed by atoms with Crippen molar-refractivity contribution < 1.29 is 97.2 Å². The molecule has 4 unspecified atom stereocenters. The summed E-state index contributed by atoms with van der Waals surface area (Å²) in [5.74, 6) is -7.84. The van der Waals surface area contributed by atoms with Crippen LogP contribution in [0, 0.1) is 0 Å². The fraction of sp³-hybridized carbons (Fsp3) is 0.458. The summed E-state index contributed by atoms with van der Waals surface area (Å²) >= 11 is 0. The average molecular weight is 1590 g/mol. The van der Waals surface area contributed by atoms with Crippen molar-refractivity contribution in [2.45, 2.75) is 241 Å². The monoisotopic (exact) mass is 1580 g/mol. The van der Waals surface area contributed by atoms with Crippen LogP contribution in [0.3, 0.4) is 0 Å². The summed E-state index contributed by atoms with van der Waals surface area (Å²) < 4.78 is 61.3. The molecule has 0 aliphatic heterocycles. The average Bonchev–Trinajstić information content (AvgIpc) is 0.735. The number of ether oxygens (including phenoxy) is 10. The molecule has 8 aromatic rings. The van der Waals surface area contributed by atoms with Gasteiger partial charge in [0.05, 0.1) is 72.1 Å². The number of aromatic hydroxyl groups is 4. The summed E-state index contributed by atoms with van der Waals surface area (Å²) in [6.45, 7) is 5.99. The van der Waals surface area contributed by atoms with E-state index in [0.717, 1.165) is 154 Å². The Morgan fingerprint density at radius 2 is 0.517 bits per heavy atom. The Kier molecular flexibility index (Phi) is 27.3. The van der Waals surface area contributed by atoms with Crippen molar-refractivity contribution in [3.63, 3.8) is 0 Å². The lowest BCUT2D eigenvalue weighted by atomic mass is 9.74. The second-order valence-electron chi connectivity index (χ2n) is 32.2. The van der Waals surface area contributed by atoms with E-state index in [0.29, 0.717) is 44.5 Å². The number of aliphatic hydroxyl groups excluding tert-OH is 2. The highest BCUT2D eigenvalue weighted by atomic mass is 16.7. The maximum Gasteiger partial charge on any atom is 0.340 e. The summed E-state index contributed by atoms with van der Waals surface area (Å²) in [5, 5.41) is 75.9. The number of methoxy groups -OCH3 is 2. The van der Waals surface area contributed by atoms with Crippen LogP contribution in [0.1, 0.15) is 325 Å². The zero-order valence-corrected chi connectivity index (χ0v) is 67.8. The number of rotatable bonds is 28. The molecule has 8 bridgehead atoms.